The van der Waals surface area contributed by atoms with E-state index in [-0.39, 0.29) is 0 Å². The van der Waals surface area contributed by atoms with Crippen molar-refractivity contribution in [1.82, 2.24) is 24.5 Å². The van der Waals surface area contributed by atoms with Crippen molar-refractivity contribution in [2.24, 2.45) is 5.92 Å². The lowest BCUT2D eigenvalue weighted by atomic mass is 9.93. The second-order valence-corrected chi connectivity index (χ2v) is 8.88. The van der Waals surface area contributed by atoms with E-state index in [0.717, 1.165) is 53.5 Å². The molecule has 31 heavy (non-hydrogen) atoms. The van der Waals surface area contributed by atoms with Gasteiger partial charge in [-0.2, -0.15) is 5.10 Å². The van der Waals surface area contributed by atoms with Gasteiger partial charge in [0.15, 0.2) is 5.65 Å². The van der Waals surface area contributed by atoms with Crippen LogP contribution in [0.25, 0.3) is 16.8 Å². The molecule has 5 rings (SSSR count). The zero-order valence-corrected chi connectivity index (χ0v) is 18.5. The highest BCUT2D eigenvalue weighted by Crippen LogP contribution is 2.28. The van der Waals surface area contributed by atoms with Gasteiger partial charge in [0.25, 0.3) is 0 Å². The van der Waals surface area contributed by atoms with Crippen molar-refractivity contribution in [1.29, 1.82) is 0 Å². The molecule has 6 heteroatoms. The predicted molar refractivity (Wildman–Crippen MR) is 124 cm³/mol. The summed E-state index contributed by atoms with van der Waals surface area (Å²) >= 11 is 6.18. The van der Waals surface area contributed by atoms with Crippen molar-refractivity contribution in [2.45, 2.75) is 32.7 Å². The third-order valence-electron chi connectivity index (χ3n) is 6.14. The first-order valence-corrected chi connectivity index (χ1v) is 11.3. The molecule has 4 aromatic rings. The summed E-state index contributed by atoms with van der Waals surface area (Å²) < 4.78 is 2.04. The van der Waals surface area contributed by atoms with Crippen LogP contribution in [0.15, 0.2) is 61.1 Å². The van der Waals surface area contributed by atoms with Gasteiger partial charge in [0, 0.05) is 48.0 Å². The molecule has 158 valence electrons. The summed E-state index contributed by atoms with van der Waals surface area (Å²) in [7, 11) is 0. The molecule has 0 bridgehead atoms. The van der Waals surface area contributed by atoms with E-state index >= 15 is 0 Å². The van der Waals surface area contributed by atoms with E-state index in [0.29, 0.717) is 5.92 Å². The number of pyridine rings is 1. The number of hydrogen-bond donors (Lipinski definition) is 0. The molecule has 1 aromatic carbocycles. The Bertz CT molecular complexity index is 1190. The first-order valence-electron chi connectivity index (χ1n) is 10.9. The molecule has 1 atom stereocenters. The smallest absolute Gasteiger partial charge is 0.163 e. The summed E-state index contributed by atoms with van der Waals surface area (Å²) in [5.41, 5.74) is 6.63. The number of nitrogens with zero attached hydrogens (tertiary/aromatic N) is 5. The fraction of sp³-hybridized carbons (Fsp3) is 0.320. The zero-order valence-electron chi connectivity index (χ0n) is 17.7. The molecule has 1 fully saturated rings. The Kier molecular flexibility index (Phi) is 5.70. The van der Waals surface area contributed by atoms with E-state index in [2.05, 4.69) is 40.0 Å². The second kappa shape index (κ2) is 8.77. The highest BCUT2D eigenvalue weighted by Gasteiger charge is 2.22. The van der Waals surface area contributed by atoms with Gasteiger partial charge in [0.2, 0.25) is 0 Å². The van der Waals surface area contributed by atoms with Gasteiger partial charge in [-0.25, -0.2) is 9.50 Å². The van der Waals surface area contributed by atoms with Crippen molar-refractivity contribution in [2.75, 3.05) is 13.1 Å². The normalized spacial score (nSPS) is 17.3. The Morgan fingerprint density at radius 1 is 1.10 bits per heavy atom. The van der Waals surface area contributed by atoms with Gasteiger partial charge >= 0.3 is 0 Å². The maximum Gasteiger partial charge on any atom is 0.163 e. The van der Waals surface area contributed by atoms with Crippen LogP contribution in [0.3, 0.4) is 0 Å². The van der Waals surface area contributed by atoms with Crippen LogP contribution in [0.2, 0.25) is 5.02 Å². The van der Waals surface area contributed by atoms with E-state index < -0.39 is 0 Å². The van der Waals surface area contributed by atoms with Crippen LogP contribution < -0.4 is 0 Å². The summed E-state index contributed by atoms with van der Waals surface area (Å²) in [6.45, 7) is 5.24. The quantitative estimate of drug-likeness (QED) is 0.435. The first-order chi connectivity index (χ1) is 15.2. The molecule has 0 spiro atoms. The predicted octanol–water partition coefficient (Wildman–Crippen LogP) is 5.21. The number of hydrogen-bond acceptors (Lipinski definition) is 4. The summed E-state index contributed by atoms with van der Waals surface area (Å²) in [4.78, 5) is 11.4. The minimum Gasteiger partial charge on any atom is -0.299 e. The van der Waals surface area contributed by atoms with E-state index in [1.807, 2.05) is 47.4 Å². The van der Waals surface area contributed by atoms with Crippen LogP contribution in [0.1, 0.15) is 29.8 Å². The van der Waals surface area contributed by atoms with Gasteiger partial charge in [-0.1, -0.05) is 23.7 Å². The summed E-state index contributed by atoms with van der Waals surface area (Å²) in [5, 5.41) is 5.67. The number of rotatable bonds is 5. The van der Waals surface area contributed by atoms with Gasteiger partial charge in [0.1, 0.15) is 0 Å². The van der Waals surface area contributed by atoms with E-state index in [1.54, 1.807) is 0 Å². The third kappa shape index (κ3) is 4.34. The molecule has 0 aliphatic carbocycles. The molecular formula is C25H26ClN5. The number of likely N-dealkylation sites (tertiary alicyclic amines) is 1. The van der Waals surface area contributed by atoms with Crippen molar-refractivity contribution < 1.29 is 0 Å². The van der Waals surface area contributed by atoms with Gasteiger partial charge in [-0.05, 0) is 80.1 Å². The largest absolute Gasteiger partial charge is 0.299 e. The number of benzene rings is 1. The molecule has 0 amide bonds. The number of fused-ring (bicyclic) bond motifs is 1. The Hall–Kier alpha value is -2.76. The Morgan fingerprint density at radius 2 is 1.97 bits per heavy atom. The van der Waals surface area contributed by atoms with Crippen LogP contribution in [-0.4, -0.2) is 37.6 Å². The van der Waals surface area contributed by atoms with Gasteiger partial charge in [-0.3, -0.25) is 9.88 Å². The Balaban J connectivity index is 1.37. The van der Waals surface area contributed by atoms with Crippen molar-refractivity contribution >= 4 is 17.2 Å². The number of halogens is 1. The second-order valence-electron chi connectivity index (χ2n) is 8.45. The van der Waals surface area contributed by atoms with Crippen molar-refractivity contribution in [3.63, 3.8) is 0 Å². The average molecular weight is 432 g/mol. The maximum absolute atomic E-state index is 6.18. The summed E-state index contributed by atoms with van der Waals surface area (Å²) in [5.74, 6) is 0.604. The molecule has 0 saturated carbocycles. The van der Waals surface area contributed by atoms with Gasteiger partial charge in [-0.15, -0.1) is 0 Å². The van der Waals surface area contributed by atoms with Crippen LogP contribution in [0.4, 0.5) is 0 Å². The lowest BCUT2D eigenvalue weighted by molar-refractivity contribution is 0.166. The Morgan fingerprint density at radius 3 is 2.81 bits per heavy atom. The molecule has 1 saturated heterocycles. The van der Waals surface area contributed by atoms with Crippen LogP contribution in [0, 0.1) is 12.8 Å². The fourth-order valence-electron chi connectivity index (χ4n) is 4.76. The molecule has 3 aromatic heterocycles. The fourth-order valence-corrected chi connectivity index (χ4v) is 4.97. The lowest BCUT2D eigenvalue weighted by Crippen LogP contribution is -2.36. The van der Waals surface area contributed by atoms with Crippen LogP contribution >= 0.6 is 11.6 Å². The molecule has 4 heterocycles. The highest BCUT2D eigenvalue weighted by molar-refractivity contribution is 6.30. The maximum atomic E-state index is 6.18. The van der Waals surface area contributed by atoms with Crippen molar-refractivity contribution in [3.05, 3.63) is 83.0 Å². The first kappa shape index (κ1) is 20.2. The topological polar surface area (TPSA) is 46.3 Å². The molecule has 1 aliphatic heterocycles. The van der Waals surface area contributed by atoms with Crippen LogP contribution in [0.5, 0.6) is 0 Å². The van der Waals surface area contributed by atoms with Crippen molar-refractivity contribution in [3.8, 4) is 11.1 Å². The SMILES string of the molecule is Cc1nn2c(CC3CCCN(Cc4cccc(Cl)c4)C3)ccnc2c1-c1ccncc1. The van der Waals surface area contributed by atoms with Gasteiger partial charge < -0.3 is 0 Å². The Labute approximate surface area is 187 Å². The summed E-state index contributed by atoms with van der Waals surface area (Å²) in [6, 6.07) is 14.4. The minimum absolute atomic E-state index is 0.604. The van der Waals surface area contributed by atoms with E-state index in [9.17, 15) is 0 Å². The lowest BCUT2D eigenvalue weighted by Gasteiger charge is -2.33. The average Bonchev–Trinajstić information content (AvgIpc) is 3.11. The molecule has 0 radical (unpaired) electrons. The van der Waals surface area contributed by atoms with E-state index in [4.69, 9.17) is 16.7 Å². The highest BCUT2D eigenvalue weighted by atomic mass is 35.5. The van der Waals surface area contributed by atoms with Gasteiger partial charge in [0.05, 0.1) is 5.69 Å². The number of aryl methyl sites for hydroxylation is 1. The standard InChI is InChI=1S/C25H26ClN5/c1-18-24(21-7-10-27-11-8-21)25-28-12-9-23(31(25)29-18)15-20-5-3-13-30(17-20)16-19-4-2-6-22(26)14-19/h2,4,6-12,14,20H,3,5,13,15-17H2,1H3. The minimum atomic E-state index is 0.604. The molecule has 1 unspecified atom stereocenters. The molecule has 0 N–H and O–H groups in total. The van der Waals surface area contributed by atoms with Crippen LogP contribution in [-0.2, 0) is 13.0 Å². The third-order valence-corrected chi connectivity index (χ3v) is 6.37. The molecule has 1 aliphatic rings. The molecular weight excluding hydrogens is 406 g/mol. The van der Waals surface area contributed by atoms with E-state index in [1.165, 1.54) is 24.1 Å². The monoisotopic (exact) mass is 431 g/mol. The summed E-state index contributed by atoms with van der Waals surface area (Å²) in [6.07, 6.45) is 9.02. The zero-order chi connectivity index (χ0) is 21.2. The number of piperidine rings is 1. The number of aromatic nitrogens is 4. The molecule has 5 nitrogen and oxygen atoms in total.